The SMILES string of the molecule is C=C(C)CNc1cnc(N)cn1. The standard InChI is InChI=1S/C8H12N4/c1-6(2)3-11-8-5-10-7(9)4-12-8/h4-5H,1,3H2,2H3,(H2,9,10)(H,11,12). The maximum atomic E-state index is 5.36. The van der Waals surface area contributed by atoms with Crippen molar-refractivity contribution in [2.24, 2.45) is 0 Å². The molecule has 0 saturated heterocycles. The molecular weight excluding hydrogens is 152 g/mol. The van der Waals surface area contributed by atoms with Crippen molar-refractivity contribution in [2.75, 3.05) is 17.6 Å². The van der Waals surface area contributed by atoms with Gasteiger partial charge in [0.15, 0.2) is 0 Å². The topological polar surface area (TPSA) is 63.8 Å². The van der Waals surface area contributed by atoms with Crippen LogP contribution >= 0.6 is 0 Å². The fourth-order valence-corrected chi connectivity index (χ4v) is 0.671. The molecular formula is C8H12N4. The van der Waals surface area contributed by atoms with Gasteiger partial charge in [-0.3, -0.25) is 0 Å². The summed E-state index contributed by atoms with van der Waals surface area (Å²) in [5.74, 6) is 1.14. The van der Waals surface area contributed by atoms with Crippen LogP contribution in [0.3, 0.4) is 0 Å². The van der Waals surface area contributed by atoms with E-state index < -0.39 is 0 Å². The molecule has 0 aromatic carbocycles. The molecule has 3 N–H and O–H groups in total. The van der Waals surface area contributed by atoms with Gasteiger partial charge in [-0.1, -0.05) is 12.2 Å². The van der Waals surface area contributed by atoms with E-state index in [2.05, 4.69) is 21.9 Å². The molecule has 0 amide bonds. The summed E-state index contributed by atoms with van der Waals surface area (Å²) in [5, 5.41) is 3.04. The third-order valence-electron chi connectivity index (χ3n) is 1.24. The molecule has 0 aliphatic carbocycles. The number of hydrogen-bond acceptors (Lipinski definition) is 4. The Morgan fingerprint density at radius 3 is 2.83 bits per heavy atom. The van der Waals surface area contributed by atoms with Gasteiger partial charge >= 0.3 is 0 Å². The first-order valence-corrected chi connectivity index (χ1v) is 3.64. The van der Waals surface area contributed by atoms with Crippen LogP contribution in [0, 0.1) is 0 Å². The maximum absolute atomic E-state index is 5.36. The van der Waals surface area contributed by atoms with Gasteiger partial charge in [0.1, 0.15) is 11.6 Å². The summed E-state index contributed by atoms with van der Waals surface area (Å²) in [6, 6.07) is 0. The molecule has 0 aliphatic heterocycles. The van der Waals surface area contributed by atoms with Crippen molar-refractivity contribution in [3.05, 3.63) is 24.5 Å². The summed E-state index contributed by atoms with van der Waals surface area (Å²) in [4.78, 5) is 7.89. The van der Waals surface area contributed by atoms with Crippen molar-refractivity contribution < 1.29 is 0 Å². The second-order valence-electron chi connectivity index (χ2n) is 2.64. The summed E-state index contributed by atoms with van der Waals surface area (Å²) in [6.45, 7) is 6.40. The van der Waals surface area contributed by atoms with Crippen molar-refractivity contribution >= 4 is 11.6 Å². The van der Waals surface area contributed by atoms with Gasteiger partial charge in [0.05, 0.1) is 12.4 Å². The third-order valence-corrected chi connectivity index (χ3v) is 1.24. The van der Waals surface area contributed by atoms with Gasteiger partial charge in [-0.05, 0) is 6.92 Å². The first-order valence-electron chi connectivity index (χ1n) is 3.64. The third kappa shape index (κ3) is 2.57. The first kappa shape index (κ1) is 8.52. The Balaban J connectivity index is 2.53. The zero-order chi connectivity index (χ0) is 8.97. The van der Waals surface area contributed by atoms with E-state index in [-0.39, 0.29) is 0 Å². The first-order chi connectivity index (χ1) is 5.68. The predicted octanol–water partition coefficient (Wildman–Crippen LogP) is 1.05. The van der Waals surface area contributed by atoms with Crippen LogP contribution < -0.4 is 11.1 Å². The average molecular weight is 164 g/mol. The van der Waals surface area contributed by atoms with Crippen molar-refractivity contribution in [1.82, 2.24) is 9.97 Å². The lowest BCUT2D eigenvalue weighted by Gasteiger charge is -2.03. The van der Waals surface area contributed by atoms with Crippen LogP contribution in [-0.2, 0) is 0 Å². The van der Waals surface area contributed by atoms with E-state index >= 15 is 0 Å². The second kappa shape index (κ2) is 3.71. The van der Waals surface area contributed by atoms with E-state index in [4.69, 9.17) is 5.73 Å². The van der Waals surface area contributed by atoms with Gasteiger partial charge in [0, 0.05) is 6.54 Å². The lowest BCUT2D eigenvalue weighted by molar-refractivity contribution is 1.13. The van der Waals surface area contributed by atoms with Gasteiger partial charge in [-0.25, -0.2) is 9.97 Å². The van der Waals surface area contributed by atoms with Crippen LogP contribution in [0.5, 0.6) is 0 Å². The number of aromatic nitrogens is 2. The quantitative estimate of drug-likeness (QED) is 0.655. The highest BCUT2D eigenvalue weighted by molar-refractivity contribution is 5.36. The highest BCUT2D eigenvalue weighted by Crippen LogP contribution is 2.01. The monoisotopic (exact) mass is 164 g/mol. The molecule has 12 heavy (non-hydrogen) atoms. The number of anilines is 2. The molecule has 4 nitrogen and oxygen atoms in total. The molecule has 0 unspecified atom stereocenters. The van der Waals surface area contributed by atoms with Crippen LogP contribution in [0.2, 0.25) is 0 Å². The minimum absolute atomic E-state index is 0.427. The average Bonchev–Trinajstić information content (AvgIpc) is 2.03. The van der Waals surface area contributed by atoms with Gasteiger partial charge < -0.3 is 11.1 Å². The number of nitrogens with one attached hydrogen (secondary N) is 1. The minimum Gasteiger partial charge on any atom is -0.382 e. The van der Waals surface area contributed by atoms with Gasteiger partial charge in [-0.2, -0.15) is 0 Å². The fraction of sp³-hybridized carbons (Fsp3) is 0.250. The van der Waals surface area contributed by atoms with Crippen LogP contribution in [0.4, 0.5) is 11.6 Å². The lowest BCUT2D eigenvalue weighted by atomic mass is 10.3. The molecule has 4 heteroatoms. The Morgan fingerprint density at radius 2 is 2.33 bits per heavy atom. The number of nitrogens with two attached hydrogens (primary N) is 1. The Kier molecular flexibility index (Phi) is 2.63. The van der Waals surface area contributed by atoms with Gasteiger partial charge in [0.2, 0.25) is 0 Å². The minimum atomic E-state index is 0.427. The fourth-order valence-electron chi connectivity index (χ4n) is 0.671. The van der Waals surface area contributed by atoms with Crippen molar-refractivity contribution in [2.45, 2.75) is 6.92 Å². The van der Waals surface area contributed by atoms with E-state index in [0.717, 1.165) is 5.57 Å². The summed E-state index contributed by atoms with van der Waals surface area (Å²) in [6.07, 6.45) is 3.11. The molecule has 0 fully saturated rings. The summed E-state index contributed by atoms with van der Waals surface area (Å²) in [7, 11) is 0. The zero-order valence-electron chi connectivity index (χ0n) is 7.04. The largest absolute Gasteiger partial charge is 0.382 e. The molecule has 64 valence electrons. The molecule has 0 atom stereocenters. The van der Waals surface area contributed by atoms with Crippen LogP contribution in [0.25, 0.3) is 0 Å². The predicted molar refractivity (Wildman–Crippen MR) is 49.7 cm³/mol. The number of rotatable bonds is 3. The smallest absolute Gasteiger partial charge is 0.144 e. The Bertz CT molecular complexity index is 265. The molecule has 0 bridgehead atoms. The molecule has 0 radical (unpaired) electrons. The second-order valence-corrected chi connectivity index (χ2v) is 2.64. The number of nitrogens with zero attached hydrogens (tertiary/aromatic N) is 2. The Hall–Kier alpha value is -1.58. The molecule has 1 aromatic rings. The molecule has 0 aliphatic rings. The Morgan fingerprint density at radius 1 is 1.58 bits per heavy atom. The van der Waals surface area contributed by atoms with Crippen molar-refractivity contribution in [1.29, 1.82) is 0 Å². The van der Waals surface area contributed by atoms with Crippen LogP contribution in [0.15, 0.2) is 24.5 Å². The van der Waals surface area contributed by atoms with Crippen LogP contribution in [-0.4, -0.2) is 16.5 Å². The van der Waals surface area contributed by atoms with Gasteiger partial charge in [0.25, 0.3) is 0 Å². The van der Waals surface area contributed by atoms with Gasteiger partial charge in [-0.15, -0.1) is 0 Å². The maximum Gasteiger partial charge on any atom is 0.144 e. The Labute approximate surface area is 71.5 Å². The van der Waals surface area contributed by atoms with E-state index in [0.29, 0.717) is 18.2 Å². The van der Waals surface area contributed by atoms with E-state index in [1.807, 2.05) is 6.92 Å². The van der Waals surface area contributed by atoms with E-state index in [1.54, 1.807) is 6.20 Å². The molecule has 1 heterocycles. The van der Waals surface area contributed by atoms with Crippen molar-refractivity contribution in [3.8, 4) is 0 Å². The van der Waals surface area contributed by atoms with E-state index in [9.17, 15) is 0 Å². The summed E-state index contributed by atoms with van der Waals surface area (Å²) < 4.78 is 0. The summed E-state index contributed by atoms with van der Waals surface area (Å²) in [5.41, 5.74) is 6.41. The number of hydrogen-bond donors (Lipinski definition) is 2. The summed E-state index contributed by atoms with van der Waals surface area (Å²) >= 11 is 0. The molecule has 0 saturated carbocycles. The number of nitrogen functional groups attached to an aromatic ring is 1. The van der Waals surface area contributed by atoms with Crippen molar-refractivity contribution in [3.63, 3.8) is 0 Å². The lowest BCUT2D eigenvalue weighted by Crippen LogP contribution is -2.04. The zero-order valence-corrected chi connectivity index (χ0v) is 7.04. The highest BCUT2D eigenvalue weighted by atomic mass is 15.0. The highest BCUT2D eigenvalue weighted by Gasteiger charge is 1.92. The molecule has 1 rings (SSSR count). The van der Waals surface area contributed by atoms with Crippen LogP contribution in [0.1, 0.15) is 6.92 Å². The molecule has 1 aromatic heterocycles. The van der Waals surface area contributed by atoms with E-state index in [1.165, 1.54) is 6.20 Å². The molecule has 0 spiro atoms. The normalized spacial score (nSPS) is 9.42.